The molecule has 1 N–H and O–H groups in total. The zero-order valence-electron chi connectivity index (χ0n) is 20.3. The van der Waals surface area contributed by atoms with Crippen molar-refractivity contribution < 1.29 is 19.2 Å². The number of nitro benzene ring substituents is 1. The molecule has 0 atom stereocenters. The molecule has 0 aliphatic carbocycles. The number of carbonyl (C=O) groups excluding carboxylic acids is 2. The minimum absolute atomic E-state index is 0.0786. The Bertz CT molecular complexity index is 1380. The maximum atomic E-state index is 13.6. The number of nitrogens with zero attached hydrogens (tertiary/aromatic N) is 1. The summed E-state index contributed by atoms with van der Waals surface area (Å²) in [6.07, 6.45) is 0. The van der Waals surface area contributed by atoms with E-state index in [2.05, 4.69) is 5.32 Å². The number of methoxy groups -OCH3 is 1. The Hall–Kier alpha value is -4.39. The maximum Gasteiger partial charge on any atom is 0.374 e. The lowest BCUT2D eigenvalue weighted by Gasteiger charge is -2.31. The quantitative estimate of drug-likeness (QED) is 0.0895. The van der Waals surface area contributed by atoms with Gasteiger partial charge in [0.05, 0.1) is 12.0 Å². The van der Waals surface area contributed by atoms with Crippen LogP contribution in [0.2, 0.25) is 0 Å². The predicted molar refractivity (Wildman–Crippen MR) is 152 cm³/mol. The first kappa shape index (κ1) is 26.7. The van der Waals surface area contributed by atoms with Crippen molar-refractivity contribution in [2.75, 3.05) is 7.11 Å². The van der Waals surface area contributed by atoms with Gasteiger partial charge in [0.25, 0.3) is 11.6 Å². The van der Waals surface area contributed by atoms with Crippen LogP contribution in [-0.4, -0.2) is 23.9 Å². The van der Waals surface area contributed by atoms with E-state index < -0.39 is 24.1 Å². The summed E-state index contributed by atoms with van der Waals surface area (Å²) in [5.41, 5.74) is 0.0124. The first-order valence-corrected chi connectivity index (χ1v) is 13.7. The number of esters is 1. The number of nitro groups is 1. The van der Waals surface area contributed by atoms with Gasteiger partial charge in [-0.1, -0.05) is 59.6 Å². The molecule has 0 saturated carbocycles. The molecule has 0 aromatic heterocycles. The van der Waals surface area contributed by atoms with Gasteiger partial charge in [-0.05, 0) is 48.5 Å². The SMILES string of the molecule is COC(=O)/C(=C(\[S-])NC(=O)c1ccc([N+](=O)[O-])cc1)[P+](c1ccccc1)(c1ccccc1)c1ccccc1. The van der Waals surface area contributed by atoms with Crippen molar-refractivity contribution in [2.24, 2.45) is 0 Å². The molecule has 190 valence electrons. The van der Waals surface area contributed by atoms with Crippen LogP contribution in [0.1, 0.15) is 10.4 Å². The Kier molecular flexibility index (Phi) is 8.26. The van der Waals surface area contributed by atoms with Crippen LogP contribution < -0.4 is 21.2 Å². The molecular formula is C29H23N2O5PS. The van der Waals surface area contributed by atoms with Crippen molar-refractivity contribution in [3.05, 3.63) is 141 Å². The van der Waals surface area contributed by atoms with Crippen molar-refractivity contribution in [2.45, 2.75) is 0 Å². The topological polar surface area (TPSA) is 98.5 Å². The third-order valence-corrected chi connectivity index (χ3v) is 10.7. The largest absolute Gasteiger partial charge is 0.758 e. The van der Waals surface area contributed by atoms with Gasteiger partial charge < -0.3 is 22.7 Å². The van der Waals surface area contributed by atoms with E-state index in [-0.39, 0.29) is 21.6 Å². The number of non-ortho nitro benzene ring substituents is 1. The van der Waals surface area contributed by atoms with Crippen molar-refractivity contribution in [1.82, 2.24) is 5.32 Å². The standard InChI is InChI=1S/C29H23N2O5PS/c1-36-29(33)26(28(38)30-27(32)21-17-19-22(20-18-21)31(34)35)37(23-11-5-2-6-12-23,24-13-7-3-8-14-24)25-15-9-4-10-16-25/h2-20H,1H3,(H-,30,32,33,38). The lowest BCUT2D eigenvalue weighted by Crippen LogP contribution is -2.37. The van der Waals surface area contributed by atoms with Gasteiger partial charge in [0.2, 0.25) is 0 Å². The molecule has 9 heteroatoms. The Balaban J connectivity index is 1.99. The van der Waals surface area contributed by atoms with Crippen LogP contribution in [0.5, 0.6) is 0 Å². The molecule has 0 aliphatic rings. The third kappa shape index (κ3) is 5.18. The number of rotatable bonds is 8. The molecule has 0 bridgehead atoms. The van der Waals surface area contributed by atoms with Crippen LogP contribution in [0, 0.1) is 10.1 Å². The lowest BCUT2D eigenvalue weighted by atomic mass is 10.2. The van der Waals surface area contributed by atoms with E-state index in [0.717, 1.165) is 15.9 Å². The molecular weight excluding hydrogens is 519 g/mol. The molecule has 0 spiro atoms. The van der Waals surface area contributed by atoms with Crippen molar-refractivity contribution in [3.63, 3.8) is 0 Å². The number of nitrogens with one attached hydrogen (secondary N) is 1. The van der Waals surface area contributed by atoms with Crippen molar-refractivity contribution >= 4 is 53.4 Å². The molecule has 4 rings (SSSR count). The fourth-order valence-corrected chi connectivity index (χ4v) is 9.08. The van der Waals surface area contributed by atoms with E-state index in [4.69, 9.17) is 17.4 Å². The van der Waals surface area contributed by atoms with Crippen LogP contribution in [0.25, 0.3) is 0 Å². The monoisotopic (exact) mass is 542 g/mol. The smallest absolute Gasteiger partial charge is 0.374 e. The average Bonchev–Trinajstić information content (AvgIpc) is 2.96. The first-order chi connectivity index (χ1) is 18.4. The molecule has 1 amide bonds. The minimum atomic E-state index is -2.96. The summed E-state index contributed by atoms with van der Waals surface area (Å²) >= 11 is 5.76. The predicted octanol–water partition coefficient (Wildman–Crippen LogP) is 4.21. The number of benzene rings is 4. The summed E-state index contributed by atoms with van der Waals surface area (Å²) in [7, 11) is -1.69. The van der Waals surface area contributed by atoms with Gasteiger partial charge in [-0.15, -0.1) is 0 Å². The summed E-state index contributed by atoms with van der Waals surface area (Å²) in [6.45, 7) is 0. The van der Waals surface area contributed by atoms with Crippen LogP contribution in [0.15, 0.2) is 126 Å². The highest BCUT2D eigenvalue weighted by molar-refractivity contribution is 8.00. The number of ether oxygens (including phenoxy) is 1. The van der Waals surface area contributed by atoms with Crippen molar-refractivity contribution in [1.29, 1.82) is 0 Å². The normalized spacial score (nSPS) is 11.7. The van der Waals surface area contributed by atoms with Gasteiger partial charge >= 0.3 is 5.97 Å². The summed E-state index contributed by atoms with van der Waals surface area (Å²) in [5.74, 6) is -1.26. The zero-order chi connectivity index (χ0) is 27.1. The summed E-state index contributed by atoms with van der Waals surface area (Å²) in [4.78, 5) is 37.2. The Labute approximate surface area is 226 Å². The molecule has 4 aromatic carbocycles. The van der Waals surface area contributed by atoms with E-state index >= 15 is 0 Å². The van der Waals surface area contributed by atoms with Crippen LogP contribution in [-0.2, 0) is 22.2 Å². The number of hydrogen-bond donors (Lipinski definition) is 1. The fraction of sp³-hybridized carbons (Fsp3) is 0.0345. The highest BCUT2D eigenvalue weighted by Gasteiger charge is 2.53. The molecule has 0 unspecified atom stereocenters. The highest BCUT2D eigenvalue weighted by Crippen LogP contribution is 2.63. The second kappa shape index (κ2) is 11.8. The van der Waals surface area contributed by atoms with Gasteiger partial charge in [0.15, 0.2) is 12.6 Å². The summed E-state index contributed by atoms with van der Waals surface area (Å²) in [5, 5.41) is 16.3. The van der Waals surface area contributed by atoms with Gasteiger partial charge in [0, 0.05) is 17.7 Å². The maximum absolute atomic E-state index is 13.6. The lowest BCUT2D eigenvalue weighted by molar-refractivity contribution is -0.384. The number of carbonyl (C=O) groups is 2. The van der Waals surface area contributed by atoms with E-state index in [1.807, 2.05) is 91.0 Å². The molecule has 38 heavy (non-hydrogen) atoms. The molecule has 7 nitrogen and oxygen atoms in total. The Morgan fingerprint density at radius 1 is 0.763 bits per heavy atom. The highest BCUT2D eigenvalue weighted by atomic mass is 32.1. The Morgan fingerprint density at radius 2 is 1.18 bits per heavy atom. The molecule has 0 heterocycles. The second-order valence-corrected chi connectivity index (χ2v) is 11.9. The molecule has 4 aromatic rings. The second-order valence-electron chi connectivity index (χ2n) is 8.10. The van der Waals surface area contributed by atoms with Gasteiger partial charge in [-0.2, -0.15) is 0 Å². The van der Waals surface area contributed by atoms with E-state index in [0.29, 0.717) is 0 Å². The van der Waals surface area contributed by atoms with E-state index in [1.165, 1.54) is 31.4 Å². The molecule has 0 saturated heterocycles. The van der Waals surface area contributed by atoms with Crippen LogP contribution in [0.3, 0.4) is 0 Å². The number of amides is 1. The van der Waals surface area contributed by atoms with Crippen molar-refractivity contribution in [3.8, 4) is 0 Å². The van der Waals surface area contributed by atoms with Crippen LogP contribution >= 0.6 is 7.26 Å². The molecule has 0 radical (unpaired) electrons. The minimum Gasteiger partial charge on any atom is -0.758 e. The van der Waals surface area contributed by atoms with Crippen LogP contribution in [0.4, 0.5) is 5.69 Å². The molecule has 0 fully saturated rings. The summed E-state index contributed by atoms with van der Waals surface area (Å²) < 4.78 is 5.27. The average molecular weight is 543 g/mol. The van der Waals surface area contributed by atoms with Gasteiger partial charge in [0.1, 0.15) is 15.9 Å². The Morgan fingerprint density at radius 3 is 1.55 bits per heavy atom. The third-order valence-electron chi connectivity index (χ3n) is 5.93. The summed E-state index contributed by atoms with van der Waals surface area (Å²) in [6, 6.07) is 33.8. The first-order valence-electron chi connectivity index (χ1n) is 11.5. The number of hydrogen-bond acceptors (Lipinski definition) is 6. The molecule has 0 aliphatic heterocycles. The van der Waals surface area contributed by atoms with E-state index in [9.17, 15) is 19.7 Å². The fourth-order valence-electron chi connectivity index (χ4n) is 4.24. The zero-order valence-corrected chi connectivity index (χ0v) is 22.0. The van der Waals surface area contributed by atoms with E-state index in [1.54, 1.807) is 0 Å². The van der Waals surface area contributed by atoms with Gasteiger partial charge in [-0.25, -0.2) is 4.79 Å². The van der Waals surface area contributed by atoms with Gasteiger partial charge in [-0.3, -0.25) is 14.9 Å².